The summed E-state index contributed by atoms with van der Waals surface area (Å²) in [5, 5.41) is 9.81. The van der Waals surface area contributed by atoms with Gasteiger partial charge in [-0.1, -0.05) is 11.5 Å². The third kappa shape index (κ3) is 1.60. The number of benzene rings is 1. The summed E-state index contributed by atoms with van der Waals surface area (Å²) in [6.45, 7) is 0.261. The average molecular weight is 281 g/mol. The molecule has 0 amide bonds. The molecule has 2 aliphatic rings. The van der Waals surface area contributed by atoms with E-state index in [9.17, 15) is 5.11 Å². The van der Waals surface area contributed by atoms with Crippen LogP contribution in [0, 0.1) is 0 Å². The average Bonchev–Trinajstić information content (AvgIpc) is 2.84. The molecule has 2 aliphatic heterocycles. The monoisotopic (exact) mass is 281 g/mol. The fraction of sp³-hybridized carbons (Fsp3) is 0.143. The third-order valence-corrected chi connectivity index (χ3v) is 3.78. The van der Waals surface area contributed by atoms with Gasteiger partial charge in [-0.15, -0.1) is 0 Å². The predicted octanol–water partition coefficient (Wildman–Crippen LogP) is -0.260. The van der Waals surface area contributed by atoms with Crippen LogP contribution in [0.3, 0.4) is 0 Å². The maximum Gasteiger partial charge on any atom is 0.283 e. The topological polar surface area (TPSA) is 90.0 Å². The molecule has 104 valence electrons. The molecule has 1 aromatic carbocycles. The Morgan fingerprint density at radius 1 is 1.29 bits per heavy atom. The lowest BCUT2D eigenvalue weighted by atomic mass is 9.80. The van der Waals surface area contributed by atoms with Gasteiger partial charge < -0.3 is 20.3 Å². The number of pyridine rings is 1. The van der Waals surface area contributed by atoms with Crippen LogP contribution < -0.4 is 15.9 Å². The lowest BCUT2D eigenvalue weighted by Gasteiger charge is -2.32. The second kappa shape index (κ2) is 3.91. The Labute approximate surface area is 121 Å². The van der Waals surface area contributed by atoms with E-state index in [0.29, 0.717) is 11.6 Å². The van der Waals surface area contributed by atoms with E-state index in [1.807, 2.05) is 13.9 Å². The Balaban J connectivity index is 2.05. The van der Waals surface area contributed by atoms with Crippen molar-refractivity contribution in [2.45, 2.75) is 5.54 Å². The molecule has 1 aromatic heterocycles. The van der Waals surface area contributed by atoms with Crippen molar-refractivity contribution in [3.63, 3.8) is 0 Å². The van der Waals surface area contributed by atoms with Gasteiger partial charge in [-0.05, 0) is 18.2 Å². The van der Waals surface area contributed by atoms with Gasteiger partial charge in [0.25, 0.3) is 6.02 Å². The van der Waals surface area contributed by atoms with E-state index in [4.69, 9.17) is 15.2 Å². The number of nitrogens with zero attached hydrogens (tertiary/aromatic N) is 2. The highest BCUT2D eigenvalue weighted by Gasteiger charge is 2.47. The standard InChI is InChI=1S/C14H12BN3O3/c15-7-3-10-12(17-5-7)21-11-2-1-8(19)4-9(11)14(10)6-20-13(16)18-14/h1-5,19H,6,15H2,(H2,16,18). The second-order valence-corrected chi connectivity index (χ2v) is 5.25. The van der Waals surface area contributed by atoms with E-state index < -0.39 is 5.54 Å². The highest BCUT2D eigenvalue weighted by atomic mass is 16.5. The van der Waals surface area contributed by atoms with Crippen LogP contribution in [0.1, 0.15) is 11.1 Å². The van der Waals surface area contributed by atoms with Crippen LogP contribution in [0.25, 0.3) is 0 Å². The maximum atomic E-state index is 9.81. The SMILES string of the molecule is Bc1cnc2c(c1)C1(COC(N)=N1)c1cc(O)ccc1O2. The first-order chi connectivity index (χ1) is 10.1. The van der Waals surface area contributed by atoms with Crippen molar-refractivity contribution in [2.75, 3.05) is 6.61 Å². The van der Waals surface area contributed by atoms with Crippen LogP contribution in [-0.4, -0.2) is 30.6 Å². The van der Waals surface area contributed by atoms with Gasteiger partial charge in [-0.2, -0.15) is 0 Å². The van der Waals surface area contributed by atoms with Crippen LogP contribution in [0.2, 0.25) is 0 Å². The van der Waals surface area contributed by atoms with Crippen molar-refractivity contribution in [1.29, 1.82) is 0 Å². The summed E-state index contributed by atoms with van der Waals surface area (Å²) < 4.78 is 11.2. The van der Waals surface area contributed by atoms with Gasteiger partial charge >= 0.3 is 0 Å². The largest absolute Gasteiger partial charge is 0.508 e. The zero-order valence-electron chi connectivity index (χ0n) is 11.3. The zero-order valence-corrected chi connectivity index (χ0v) is 11.3. The molecule has 21 heavy (non-hydrogen) atoms. The van der Waals surface area contributed by atoms with E-state index in [1.54, 1.807) is 24.4 Å². The Morgan fingerprint density at radius 3 is 2.90 bits per heavy atom. The first kappa shape index (κ1) is 12.1. The third-order valence-electron chi connectivity index (χ3n) is 3.78. The van der Waals surface area contributed by atoms with Crippen LogP contribution in [0.5, 0.6) is 17.4 Å². The molecular weight excluding hydrogens is 269 g/mol. The van der Waals surface area contributed by atoms with Crippen LogP contribution >= 0.6 is 0 Å². The molecule has 3 N–H and O–H groups in total. The molecule has 7 heteroatoms. The highest BCUT2D eigenvalue weighted by molar-refractivity contribution is 6.32. The second-order valence-electron chi connectivity index (χ2n) is 5.25. The first-order valence-electron chi connectivity index (χ1n) is 6.55. The maximum absolute atomic E-state index is 9.81. The van der Waals surface area contributed by atoms with Gasteiger partial charge in [0, 0.05) is 17.3 Å². The molecule has 0 radical (unpaired) electrons. The molecule has 6 nitrogen and oxygen atoms in total. The van der Waals surface area contributed by atoms with Crippen molar-refractivity contribution in [2.24, 2.45) is 10.7 Å². The summed E-state index contributed by atoms with van der Waals surface area (Å²) in [6, 6.07) is 6.97. The van der Waals surface area contributed by atoms with Crippen molar-refractivity contribution in [3.05, 3.63) is 41.6 Å². The van der Waals surface area contributed by atoms with E-state index in [1.165, 1.54) is 0 Å². The molecule has 0 bridgehead atoms. The summed E-state index contributed by atoms with van der Waals surface area (Å²) in [7, 11) is 1.95. The minimum Gasteiger partial charge on any atom is -0.508 e. The summed E-state index contributed by atoms with van der Waals surface area (Å²) in [4.78, 5) is 8.82. The van der Waals surface area contributed by atoms with Gasteiger partial charge in [0.1, 0.15) is 26.0 Å². The predicted molar refractivity (Wildman–Crippen MR) is 79.0 cm³/mol. The van der Waals surface area contributed by atoms with Crippen molar-refractivity contribution in [3.8, 4) is 17.4 Å². The summed E-state index contributed by atoms with van der Waals surface area (Å²) >= 11 is 0. The number of aromatic nitrogens is 1. The number of phenols is 1. The molecule has 0 saturated heterocycles. The highest BCUT2D eigenvalue weighted by Crippen LogP contribution is 2.50. The molecule has 2 aromatic rings. The van der Waals surface area contributed by atoms with Crippen LogP contribution in [0.4, 0.5) is 0 Å². The molecule has 1 spiro atoms. The van der Waals surface area contributed by atoms with Gasteiger partial charge in [0.2, 0.25) is 5.88 Å². The van der Waals surface area contributed by atoms with Gasteiger partial charge in [-0.25, -0.2) is 9.98 Å². The van der Waals surface area contributed by atoms with E-state index >= 15 is 0 Å². The fourth-order valence-corrected chi connectivity index (χ4v) is 2.82. The number of hydrogen-bond acceptors (Lipinski definition) is 6. The van der Waals surface area contributed by atoms with E-state index in [2.05, 4.69) is 9.98 Å². The number of phenolic OH excluding ortho intramolecular Hbond substituents is 1. The molecule has 0 saturated carbocycles. The number of amidine groups is 1. The minimum absolute atomic E-state index is 0.124. The lowest BCUT2D eigenvalue weighted by molar-refractivity contribution is 0.262. The molecule has 0 aliphatic carbocycles. The quantitative estimate of drug-likeness (QED) is 0.649. The number of fused-ring (bicyclic) bond motifs is 4. The molecule has 0 fully saturated rings. The van der Waals surface area contributed by atoms with Crippen molar-refractivity contribution < 1.29 is 14.6 Å². The van der Waals surface area contributed by atoms with Crippen molar-refractivity contribution in [1.82, 2.24) is 4.98 Å². The van der Waals surface area contributed by atoms with Gasteiger partial charge in [0.15, 0.2) is 5.54 Å². The first-order valence-corrected chi connectivity index (χ1v) is 6.55. The Kier molecular flexibility index (Phi) is 2.25. The Morgan fingerprint density at radius 2 is 2.14 bits per heavy atom. The summed E-state index contributed by atoms with van der Waals surface area (Å²) in [6.07, 6.45) is 1.74. The molecular formula is C14H12BN3O3. The van der Waals surface area contributed by atoms with Gasteiger partial charge in [-0.3, -0.25) is 0 Å². The van der Waals surface area contributed by atoms with Crippen LogP contribution in [-0.2, 0) is 10.3 Å². The molecule has 1 unspecified atom stereocenters. The number of rotatable bonds is 0. The number of aliphatic imine (C=N–C) groups is 1. The zero-order chi connectivity index (χ0) is 14.6. The van der Waals surface area contributed by atoms with E-state index in [-0.39, 0.29) is 18.4 Å². The normalized spacial score (nSPS) is 22.0. The number of aromatic hydroxyl groups is 1. The fourth-order valence-electron chi connectivity index (χ4n) is 2.82. The Bertz CT molecular complexity index is 740. The molecule has 1 atom stereocenters. The van der Waals surface area contributed by atoms with E-state index in [0.717, 1.165) is 16.6 Å². The van der Waals surface area contributed by atoms with Gasteiger partial charge in [0.05, 0.1) is 0 Å². The smallest absolute Gasteiger partial charge is 0.283 e. The summed E-state index contributed by atoms with van der Waals surface area (Å²) in [5.74, 6) is 1.22. The molecule has 3 heterocycles. The Hall–Kier alpha value is -2.70. The van der Waals surface area contributed by atoms with Crippen LogP contribution in [0.15, 0.2) is 35.5 Å². The number of hydrogen-bond donors (Lipinski definition) is 2. The van der Waals surface area contributed by atoms with Crippen molar-refractivity contribution >= 4 is 19.3 Å². The summed E-state index contributed by atoms with van der Waals surface area (Å²) in [5.41, 5.74) is 7.42. The number of nitrogens with two attached hydrogens (primary N) is 1. The minimum atomic E-state index is -0.815. The number of ether oxygens (including phenoxy) is 2. The molecule has 4 rings (SSSR count). The lowest BCUT2D eigenvalue weighted by Crippen LogP contribution is -2.32.